The molecule has 0 aliphatic rings. The maximum absolute atomic E-state index is 12.3. The highest BCUT2D eigenvalue weighted by molar-refractivity contribution is 5.80. The van der Waals surface area contributed by atoms with Crippen molar-refractivity contribution in [2.45, 2.75) is 46.5 Å². The number of pyridine rings is 1. The molecular formula is C17H23NO2. The number of fused-ring (bicyclic) bond motifs is 1. The Morgan fingerprint density at radius 3 is 2.30 bits per heavy atom. The molecule has 1 heterocycles. The topological polar surface area (TPSA) is 53.1 Å². The van der Waals surface area contributed by atoms with Gasteiger partial charge in [-0.05, 0) is 24.0 Å². The molecule has 0 aliphatic carbocycles. The van der Waals surface area contributed by atoms with Crippen molar-refractivity contribution in [2.75, 3.05) is 0 Å². The molecule has 0 bridgehead atoms. The van der Waals surface area contributed by atoms with E-state index < -0.39 is 0 Å². The number of para-hydroxylation sites is 1. The maximum atomic E-state index is 12.3. The summed E-state index contributed by atoms with van der Waals surface area (Å²) in [6, 6.07) is 7.29. The minimum Gasteiger partial charge on any atom is -0.503 e. The van der Waals surface area contributed by atoms with Gasteiger partial charge in [0.15, 0.2) is 5.75 Å². The minimum absolute atomic E-state index is 0.110. The van der Waals surface area contributed by atoms with E-state index in [0.717, 1.165) is 11.9 Å². The lowest BCUT2D eigenvalue weighted by atomic mass is 9.74. The van der Waals surface area contributed by atoms with Crippen LogP contribution in [-0.2, 0) is 5.41 Å². The van der Waals surface area contributed by atoms with Gasteiger partial charge in [0.05, 0.1) is 5.69 Å². The fourth-order valence-electron chi connectivity index (χ4n) is 3.13. The van der Waals surface area contributed by atoms with Gasteiger partial charge < -0.3 is 10.1 Å². The second-order valence-electron chi connectivity index (χ2n) is 7.34. The Labute approximate surface area is 119 Å². The van der Waals surface area contributed by atoms with Crippen molar-refractivity contribution in [1.82, 2.24) is 4.98 Å². The van der Waals surface area contributed by atoms with Crippen molar-refractivity contribution >= 4 is 10.9 Å². The molecule has 108 valence electrons. The van der Waals surface area contributed by atoms with Crippen LogP contribution < -0.4 is 5.43 Å². The predicted molar refractivity (Wildman–Crippen MR) is 83.3 cm³/mol. The van der Waals surface area contributed by atoms with Gasteiger partial charge >= 0.3 is 0 Å². The molecule has 20 heavy (non-hydrogen) atoms. The maximum Gasteiger partial charge on any atom is 0.231 e. The van der Waals surface area contributed by atoms with E-state index in [1.54, 1.807) is 12.1 Å². The van der Waals surface area contributed by atoms with Crippen LogP contribution in [0.15, 0.2) is 29.1 Å². The molecule has 0 aliphatic heterocycles. The van der Waals surface area contributed by atoms with Crippen LogP contribution in [0.3, 0.4) is 0 Å². The lowest BCUT2D eigenvalue weighted by Crippen LogP contribution is -2.27. The monoisotopic (exact) mass is 273 g/mol. The number of hydrogen-bond acceptors (Lipinski definition) is 2. The summed E-state index contributed by atoms with van der Waals surface area (Å²) in [7, 11) is 0. The Kier molecular flexibility index (Phi) is 3.41. The minimum atomic E-state index is -0.300. The summed E-state index contributed by atoms with van der Waals surface area (Å²) in [4.78, 5) is 15.5. The second-order valence-corrected chi connectivity index (χ2v) is 7.34. The van der Waals surface area contributed by atoms with Crippen molar-refractivity contribution in [2.24, 2.45) is 5.41 Å². The molecule has 0 radical (unpaired) electrons. The van der Waals surface area contributed by atoms with E-state index in [1.807, 2.05) is 12.1 Å². The van der Waals surface area contributed by atoms with Gasteiger partial charge in [-0.1, -0.05) is 46.8 Å². The van der Waals surface area contributed by atoms with Crippen LogP contribution in [0.4, 0.5) is 0 Å². The molecule has 0 saturated heterocycles. The fourth-order valence-corrected chi connectivity index (χ4v) is 3.13. The third-order valence-electron chi connectivity index (χ3n) is 3.53. The molecule has 1 aromatic heterocycles. The Hall–Kier alpha value is -1.77. The first-order valence-corrected chi connectivity index (χ1v) is 6.96. The standard InChI is InChI=1S/C17H23NO2/c1-16(2,3)10-17(4,5)15-14(20)13(19)11-8-6-7-9-12(11)18-15/h6-9,20H,10H2,1-5H3,(H,18,19). The molecule has 0 unspecified atom stereocenters. The van der Waals surface area contributed by atoms with Gasteiger partial charge in [-0.25, -0.2) is 0 Å². The van der Waals surface area contributed by atoms with Crippen LogP contribution in [0.5, 0.6) is 5.75 Å². The van der Waals surface area contributed by atoms with E-state index in [4.69, 9.17) is 0 Å². The number of rotatable bonds is 2. The zero-order valence-corrected chi connectivity index (χ0v) is 12.9. The highest BCUT2D eigenvalue weighted by atomic mass is 16.3. The number of aromatic hydroxyl groups is 1. The molecule has 0 spiro atoms. The van der Waals surface area contributed by atoms with Gasteiger partial charge in [0.2, 0.25) is 5.43 Å². The first-order valence-electron chi connectivity index (χ1n) is 6.96. The molecule has 1 aromatic carbocycles. The first kappa shape index (κ1) is 14.6. The summed E-state index contributed by atoms with van der Waals surface area (Å²) in [5.41, 5.74) is 0.907. The molecular weight excluding hydrogens is 250 g/mol. The molecule has 0 saturated carbocycles. The van der Waals surface area contributed by atoms with Crippen molar-refractivity contribution < 1.29 is 5.11 Å². The van der Waals surface area contributed by atoms with E-state index in [9.17, 15) is 9.90 Å². The number of aromatic amines is 1. The molecule has 0 amide bonds. The Bertz CT molecular complexity index is 690. The summed E-state index contributed by atoms with van der Waals surface area (Å²) >= 11 is 0. The fraction of sp³-hybridized carbons (Fsp3) is 0.471. The molecule has 0 fully saturated rings. The van der Waals surface area contributed by atoms with Crippen LogP contribution in [0.2, 0.25) is 0 Å². The SMILES string of the molecule is CC(C)(C)CC(C)(C)c1[nH]c2ccccc2c(=O)c1O. The van der Waals surface area contributed by atoms with E-state index in [0.29, 0.717) is 11.1 Å². The van der Waals surface area contributed by atoms with E-state index >= 15 is 0 Å². The van der Waals surface area contributed by atoms with Gasteiger partial charge in [0, 0.05) is 16.3 Å². The lowest BCUT2D eigenvalue weighted by Gasteiger charge is -2.33. The zero-order valence-electron chi connectivity index (χ0n) is 12.9. The summed E-state index contributed by atoms with van der Waals surface area (Å²) in [6.45, 7) is 10.6. The number of nitrogens with one attached hydrogen (secondary N) is 1. The second kappa shape index (κ2) is 4.65. The Morgan fingerprint density at radius 1 is 1.10 bits per heavy atom. The van der Waals surface area contributed by atoms with Crippen LogP contribution >= 0.6 is 0 Å². The third-order valence-corrected chi connectivity index (χ3v) is 3.53. The number of H-pyrrole nitrogens is 1. The van der Waals surface area contributed by atoms with Crippen LogP contribution in [0.25, 0.3) is 10.9 Å². The van der Waals surface area contributed by atoms with Gasteiger partial charge in [0.25, 0.3) is 0 Å². The Morgan fingerprint density at radius 2 is 1.70 bits per heavy atom. The average Bonchev–Trinajstić information content (AvgIpc) is 2.30. The largest absolute Gasteiger partial charge is 0.503 e. The molecule has 0 atom stereocenters. The van der Waals surface area contributed by atoms with Crippen molar-refractivity contribution in [3.8, 4) is 5.75 Å². The van der Waals surface area contributed by atoms with Crippen molar-refractivity contribution in [1.29, 1.82) is 0 Å². The summed E-state index contributed by atoms with van der Waals surface area (Å²) < 4.78 is 0. The highest BCUT2D eigenvalue weighted by Gasteiger charge is 2.31. The molecule has 2 aromatic rings. The third kappa shape index (κ3) is 2.72. The predicted octanol–water partition coefficient (Wildman–Crippen LogP) is 3.95. The van der Waals surface area contributed by atoms with E-state index in [-0.39, 0.29) is 22.0 Å². The van der Waals surface area contributed by atoms with Gasteiger partial charge in [-0.3, -0.25) is 4.79 Å². The van der Waals surface area contributed by atoms with E-state index in [2.05, 4.69) is 39.6 Å². The molecule has 2 rings (SSSR count). The summed E-state index contributed by atoms with van der Waals surface area (Å²) in [6.07, 6.45) is 0.863. The Balaban J connectivity index is 2.66. The summed E-state index contributed by atoms with van der Waals surface area (Å²) in [5, 5.41) is 10.8. The average molecular weight is 273 g/mol. The normalized spacial score (nSPS) is 12.8. The van der Waals surface area contributed by atoms with Crippen LogP contribution in [0, 0.1) is 5.41 Å². The van der Waals surface area contributed by atoms with Crippen molar-refractivity contribution in [3.05, 3.63) is 40.2 Å². The van der Waals surface area contributed by atoms with Gasteiger partial charge in [-0.2, -0.15) is 0 Å². The molecule has 3 heteroatoms. The van der Waals surface area contributed by atoms with E-state index in [1.165, 1.54) is 0 Å². The lowest BCUT2D eigenvalue weighted by molar-refractivity contribution is 0.273. The van der Waals surface area contributed by atoms with Gasteiger partial charge in [0.1, 0.15) is 0 Å². The number of benzene rings is 1. The van der Waals surface area contributed by atoms with Crippen molar-refractivity contribution in [3.63, 3.8) is 0 Å². The van der Waals surface area contributed by atoms with Crippen LogP contribution in [-0.4, -0.2) is 10.1 Å². The quantitative estimate of drug-likeness (QED) is 0.870. The summed E-state index contributed by atoms with van der Waals surface area (Å²) in [5.74, 6) is -0.155. The highest BCUT2D eigenvalue weighted by Crippen LogP contribution is 2.38. The molecule has 2 N–H and O–H groups in total. The molecule has 3 nitrogen and oxygen atoms in total. The number of aromatic nitrogens is 1. The number of hydrogen-bond donors (Lipinski definition) is 2. The van der Waals surface area contributed by atoms with Crippen LogP contribution in [0.1, 0.15) is 46.7 Å². The smallest absolute Gasteiger partial charge is 0.231 e. The first-order chi connectivity index (χ1) is 9.12. The van der Waals surface area contributed by atoms with Gasteiger partial charge in [-0.15, -0.1) is 0 Å². The zero-order chi connectivity index (χ0) is 15.1.